The second-order valence-corrected chi connectivity index (χ2v) is 5.98. The average Bonchev–Trinajstić information content (AvgIpc) is 2.28. The third-order valence-corrected chi connectivity index (χ3v) is 2.89. The summed E-state index contributed by atoms with van der Waals surface area (Å²) >= 11 is 0. The molecule has 0 aromatic rings. The van der Waals surface area contributed by atoms with Crippen LogP contribution >= 0.6 is 0 Å². The Labute approximate surface area is 119 Å². The zero-order valence-corrected chi connectivity index (χ0v) is 12.5. The summed E-state index contributed by atoms with van der Waals surface area (Å²) in [6.07, 6.45) is 3.53. The van der Waals surface area contributed by atoms with E-state index in [1.807, 2.05) is 20.8 Å². The molecule has 6 nitrogen and oxygen atoms in total. The van der Waals surface area contributed by atoms with Gasteiger partial charge in [-0.15, -0.1) is 0 Å². The summed E-state index contributed by atoms with van der Waals surface area (Å²) in [6.45, 7) is 10.7. The minimum Gasteiger partial charge on any atom is -0.444 e. The molecular formula is C14H23N3O3. The zero-order valence-electron chi connectivity index (χ0n) is 12.5. The Morgan fingerprint density at radius 1 is 1.45 bits per heavy atom. The molecule has 6 heteroatoms. The van der Waals surface area contributed by atoms with Gasteiger partial charge in [0, 0.05) is 24.5 Å². The first-order valence-electron chi connectivity index (χ1n) is 6.63. The van der Waals surface area contributed by atoms with E-state index >= 15 is 0 Å². The molecule has 0 unspecified atom stereocenters. The lowest BCUT2D eigenvalue weighted by Gasteiger charge is -2.40. The van der Waals surface area contributed by atoms with Crippen LogP contribution in [0.25, 0.3) is 0 Å². The molecule has 0 spiro atoms. The van der Waals surface area contributed by atoms with Gasteiger partial charge < -0.3 is 10.1 Å². The minimum atomic E-state index is -0.494. The van der Waals surface area contributed by atoms with Gasteiger partial charge in [-0.25, -0.2) is 4.79 Å². The number of carbonyl (C=O) groups is 2. The van der Waals surface area contributed by atoms with Crippen molar-refractivity contribution in [3.05, 3.63) is 11.8 Å². The SMILES string of the molecule is C=NN(/C=C(\C)C=O)C1CC(NC(=O)OC(C)(C)C)C1. The molecule has 1 saturated carbocycles. The van der Waals surface area contributed by atoms with Crippen LogP contribution in [-0.2, 0) is 9.53 Å². The zero-order chi connectivity index (χ0) is 15.3. The molecule has 0 saturated heterocycles. The molecule has 1 rings (SSSR count). The van der Waals surface area contributed by atoms with E-state index in [0.29, 0.717) is 5.57 Å². The molecule has 0 aromatic heterocycles. The molecular weight excluding hydrogens is 258 g/mol. The fraction of sp³-hybridized carbons (Fsp3) is 0.643. The Balaban J connectivity index is 2.40. The number of hydrogen-bond donors (Lipinski definition) is 1. The van der Waals surface area contributed by atoms with Crippen LogP contribution < -0.4 is 5.32 Å². The van der Waals surface area contributed by atoms with Crippen LogP contribution in [0.4, 0.5) is 4.79 Å². The highest BCUT2D eigenvalue weighted by Gasteiger charge is 2.34. The summed E-state index contributed by atoms with van der Waals surface area (Å²) in [6, 6.07) is 0.228. The van der Waals surface area contributed by atoms with Crippen molar-refractivity contribution in [3.63, 3.8) is 0 Å². The Morgan fingerprint density at radius 3 is 2.50 bits per heavy atom. The third-order valence-electron chi connectivity index (χ3n) is 2.89. The van der Waals surface area contributed by atoms with E-state index < -0.39 is 11.7 Å². The van der Waals surface area contributed by atoms with E-state index in [-0.39, 0.29) is 12.1 Å². The maximum atomic E-state index is 11.6. The molecule has 1 fully saturated rings. The van der Waals surface area contributed by atoms with Crippen LogP contribution in [0.15, 0.2) is 16.9 Å². The highest BCUT2D eigenvalue weighted by Crippen LogP contribution is 2.27. The van der Waals surface area contributed by atoms with E-state index in [1.54, 1.807) is 18.1 Å². The summed E-state index contributed by atoms with van der Waals surface area (Å²) < 4.78 is 5.19. The van der Waals surface area contributed by atoms with Crippen molar-refractivity contribution in [2.45, 2.75) is 58.2 Å². The predicted octanol–water partition coefficient (Wildman–Crippen LogP) is 2.06. The number of nitrogens with one attached hydrogen (secondary N) is 1. The molecule has 0 aromatic carbocycles. The fourth-order valence-corrected chi connectivity index (χ4v) is 1.90. The number of allylic oxidation sites excluding steroid dienone is 1. The molecule has 112 valence electrons. The van der Waals surface area contributed by atoms with E-state index in [1.165, 1.54) is 0 Å². The normalized spacial score (nSPS) is 22.5. The summed E-state index contributed by atoms with van der Waals surface area (Å²) in [5.41, 5.74) is 0.0899. The van der Waals surface area contributed by atoms with Gasteiger partial charge >= 0.3 is 6.09 Å². The lowest BCUT2D eigenvalue weighted by atomic mass is 9.86. The number of hydrogen-bond acceptors (Lipinski definition) is 5. The first kappa shape index (κ1) is 16.2. The standard InChI is InChI=1S/C14H23N3O3/c1-10(9-18)8-17(15-5)12-6-11(7-12)16-13(19)20-14(2,3)4/h8-9,11-12H,5-7H2,1-4H3,(H,16,19)/b10-8+. The largest absolute Gasteiger partial charge is 0.444 e. The second-order valence-electron chi connectivity index (χ2n) is 5.98. The Hall–Kier alpha value is -1.85. The number of ether oxygens (including phenoxy) is 1. The summed E-state index contributed by atoms with van der Waals surface area (Å²) in [7, 11) is 0. The minimum absolute atomic E-state index is 0.0732. The van der Waals surface area contributed by atoms with Gasteiger partial charge in [0.1, 0.15) is 11.9 Å². The van der Waals surface area contributed by atoms with Crippen LogP contribution in [0.5, 0.6) is 0 Å². The van der Waals surface area contributed by atoms with Crippen molar-refractivity contribution in [1.82, 2.24) is 10.3 Å². The maximum Gasteiger partial charge on any atom is 0.407 e. The number of rotatable bonds is 5. The monoisotopic (exact) mass is 281 g/mol. The maximum absolute atomic E-state index is 11.6. The van der Waals surface area contributed by atoms with Gasteiger partial charge in [-0.2, -0.15) is 5.10 Å². The van der Waals surface area contributed by atoms with Gasteiger partial charge in [-0.3, -0.25) is 9.80 Å². The molecule has 0 aliphatic heterocycles. The number of aldehydes is 1. The lowest BCUT2D eigenvalue weighted by Crippen LogP contribution is -2.52. The third kappa shape index (κ3) is 5.03. The van der Waals surface area contributed by atoms with E-state index in [4.69, 9.17) is 4.74 Å². The first-order valence-corrected chi connectivity index (χ1v) is 6.63. The van der Waals surface area contributed by atoms with Gasteiger partial charge in [-0.05, 0) is 40.5 Å². The molecule has 20 heavy (non-hydrogen) atoms. The predicted molar refractivity (Wildman–Crippen MR) is 77.4 cm³/mol. The second kappa shape index (κ2) is 6.54. The van der Waals surface area contributed by atoms with Crippen molar-refractivity contribution in [3.8, 4) is 0 Å². The van der Waals surface area contributed by atoms with Gasteiger partial charge in [0.15, 0.2) is 0 Å². The topological polar surface area (TPSA) is 71.0 Å². The van der Waals surface area contributed by atoms with Crippen molar-refractivity contribution >= 4 is 19.1 Å². The Bertz CT molecular complexity index is 406. The van der Waals surface area contributed by atoms with Crippen LogP contribution in [-0.4, -0.2) is 41.8 Å². The molecule has 0 radical (unpaired) electrons. The summed E-state index contributed by atoms with van der Waals surface area (Å²) in [4.78, 5) is 22.2. The highest BCUT2D eigenvalue weighted by molar-refractivity contribution is 5.71. The number of nitrogens with zero attached hydrogens (tertiary/aromatic N) is 2. The van der Waals surface area contributed by atoms with Crippen molar-refractivity contribution < 1.29 is 14.3 Å². The molecule has 1 N–H and O–H groups in total. The Morgan fingerprint density at radius 2 is 2.05 bits per heavy atom. The number of amides is 1. The number of hydrazone groups is 1. The van der Waals surface area contributed by atoms with E-state index in [0.717, 1.165) is 19.1 Å². The molecule has 1 aliphatic carbocycles. The highest BCUT2D eigenvalue weighted by atomic mass is 16.6. The summed E-state index contributed by atoms with van der Waals surface area (Å²) in [5.74, 6) is 0. The Kier molecular flexibility index (Phi) is 5.30. The van der Waals surface area contributed by atoms with Gasteiger partial charge in [0.2, 0.25) is 0 Å². The van der Waals surface area contributed by atoms with Crippen LogP contribution in [0, 0.1) is 0 Å². The average molecular weight is 281 g/mol. The fourth-order valence-electron chi connectivity index (χ4n) is 1.90. The molecule has 0 bridgehead atoms. The van der Waals surface area contributed by atoms with E-state index in [2.05, 4.69) is 17.1 Å². The van der Waals surface area contributed by atoms with Crippen molar-refractivity contribution in [1.29, 1.82) is 0 Å². The van der Waals surface area contributed by atoms with Gasteiger partial charge in [0.25, 0.3) is 0 Å². The lowest BCUT2D eigenvalue weighted by molar-refractivity contribution is -0.104. The van der Waals surface area contributed by atoms with Crippen LogP contribution in [0.2, 0.25) is 0 Å². The van der Waals surface area contributed by atoms with Crippen LogP contribution in [0.1, 0.15) is 40.5 Å². The molecule has 1 amide bonds. The first-order chi connectivity index (χ1) is 9.25. The molecule has 0 atom stereocenters. The molecule has 1 aliphatic rings. The van der Waals surface area contributed by atoms with Crippen LogP contribution in [0.3, 0.4) is 0 Å². The quantitative estimate of drug-likeness (QED) is 0.362. The van der Waals surface area contributed by atoms with Gasteiger partial charge in [0.05, 0.1) is 6.04 Å². The number of alkyl carbamates (subject to hydrolysis) is 1. The van der Waals surface area contributed by atoms with Gasteiger partial charge in [-0.1, -0.05) is 0 Å². The van der Waals surface area contributed by atoms with E-state index in [9.17, 15) is 9.59 Å². The smallest absolute Gasteiger partial charge is 0.407 e. The molecule has 0 heterocycles. The van der Waals surface area contributed by atoms with Crippen molar-refractivity contribution in [2.75, 3.05) is 0 Å². The van der Waals surface area contributed by atoms with Crippen molar-refractivity contribution in [2.24, 2.45) is 5.10 Å². The summed E-state index contributed by atoms with van der Waals surface area (Å²) in [5, 5.41) is 8.35. The number of carbonyl (C=O) groups excluding carboxylic acids is 2.